The van der Waals surface area contributed by atoms with Crippen molar-refractivity contribution in [2.24, 2.45) is 0 Å². The monoisotopic (exact) mass is 416 g/mol. The first-order chi connectivity index (χ1) is 13.6. The Bertz CT molecular complexity index is 953. The average molecular weight is 417 g/mol. The maximum Gasteiger partial charge on any atom is 0.244 e. The largest absolute Gasteiger partial charge is 0.347 e. The van der Waals surface area contributed by atoms with Crippen molar-refractivity contribution in [3.8, 4) is 0 Å². The van der Waals surface area contributed by atoms with Gasteiger partial charge < -0.3 is 5.32 Å². The predicted octanol–water partition coefficient (Wildman–Crippen LogP) is 4.29. The molecule has 0 radical (unpaired) electrons. The Balaban J connectivity index is 2.30. The fourth-order valence-electron chi connectivity index (χ4n) is 3.60. The van der Waals surface area contributed by atoms with Crippen molar-refractivity contribution in [3.63, 3.8) is 0 Å². The van der Waals surface area contributed by atoms with E-state index in [-0.39, 0.29) is 11.9 Å². The molecule has 2 aromatic carbocycles. The zero-order valence-corrected chi connectivity index (χ0v) is 19.0. The van der Waals surface area contributed by atoms with E-state index in [9.17, 15) is 13.2 Å². The summed E-state index contributed by atoms with van der Waals surface area (Å²) in [6.45, 7) is 9.73. The Morgan fingerprint density at radius 2 is 1.69 bits per heavy atom. The number of hydrogen-bond donors (Lipinski definition) is 1. The summed E-state index contributed by atoms with van der Waals surface area (Å²) in [5.41, 5.74) is 4.93. The molecule has 1 amide bonds. The lowest BCUT2D eigenvalue weighted by atomic mass is 9.97. The van der Waals surface area contributed by atoms with E-state index in [2.05, 4.69) is 11.4 Å². The van der Waals surface area contributed by atoms with Gasteiger partial charge in [-0.05, 0) is 62.4 Å². The van der Waals surface area contributed by atoms with Crippen LogP contribution in [0.4, 0.5) is 5.69 Å². The SMILES string of the molecule is CCc1ccc(N([C@@H](C)C(=O)N[C@H](CC)c2ccc(C)cc2C)S(C)(=O)=O)cc1. The van der Waals surface area contributed by atoms with Gasteiger partial charge in [-0.25, -0.2) is 8.42 Å². The van der Waals surface area contributed by atoms with Crippen LogP contribution in [-0.2, 0) is 21.2 Å². The third-order valence-corrected chi connectivity index (χ3v) is 6.45. The zero-order valence-electron chi connectivity index (χ0n) is 18.2. The van der Waals surface area contributed by atoms with E-state index in [1.165, 1.54) is 9.87 Å². The second kappa shape index (κ2) is 9.44. The second-order valence-electron chi connectivity index (χ2n) is 7.58. The van der Waals surface area contributed by atoms with Gasteiger partial charge in [0.15, 0.2) is 0 Å². The molecule has 29 heavy (non-hydrogen) atoms. The van der Waals surface area contributed by atoms with Crippen LogP contribution in [0.15, 0.2) is 42.5 Å². The van der Waals surface area contributed by atoms with E-state index in [1.54, 1.807) is 19.1 Å². The first-order valence-electron chi connectivity index (χ1n) is 10.0. The van der Waals surface area contributed by atoms with Gasteiger partial charge in [-0.1, -0.05) is 49.7 Å². The number of carbonyl (C=O) groups is 1. The summed E-state index contributed by atoms with van der Waals surface area (Å²) >= 11 is 0. The molecule has 5 nitrogen and oxygen atoms in total. The lowest BCUT2D eigenvalue weighted by Crippen LogP contribution is -2.48. The van der Waals surface area contributed by atoms with Gasteiger partial charge in [0.1, 0.15) is 6.04 Å². The molecule has 0 fully saturated rings. The number of sulfonamides is 1. The quantitative estimate of drug-likeness (QED) is 0.698. The minimum absolute atomic E-state index is 0.172. The molecule has 0 aliphatic carbocycles. The molecule has 0 spiro atoms. The second-order valence-corrected chi connectivity index (χ2v) is 9.44. The highest BCUT2D eigenvalue weighted by Crippen LogP contribution is 2.25. The van der Waals surface area contributed by atoms with E-state index < -0.39 is 16.1 Å². The standard InChI is InChI=1S/C23H32N2O3S/c1-7-19-10-12-20(13-11-19)25(29(6,27)28)18(5)23(26)24-22(8-2)21-14-9-16(3)15-17(21)4/h9-15,18,22H,7-8H2,1-6H3,(H,24,26)/t18-,22+/m0/s1. The number of rotatable bonds is 8. The van der Waals surface area contributed by atoms with Gasteiger partial charge in [0.05, 0.1) is 18.0 Å². The molecule has 0 aliphatic heterocycles. The van der Waals surface area contributed by atoms with E-state index in [4.69, 9.17) is 0 Å². The number of anilines is 1. The summed E-state index contributed by atoms with van der Waals surface area (Å²) in [6, 6.07) is 12.4. The Morgan fingerprint density at radius 1 is 1.07 bits per heavy atom. The van der Waals surface area contributed by atoms with Gasteiger partial charge >= 0.3 is 0 Å². The summed E-state index contributed by atoms with van der Waals surface area (Å²) in [7, 11) is -3.63. The minimum atomic E-state index is -3.63. The number of carbonyl (C=O) groups excluding carboxylic acids is 1. The number of amides is 1. The van der Waals surface area contributed by atoms with Crippen LogP contribution in [0.5, 0.6) is 0 Å². The Hall–Kier alpha value is -2.34. The van der Waals surface area contributed by atoms with Crippen LogP contribution >= 0.6 is 0 Å². The van der Waals surface area contributed by atoms with Crippen LogP contribution in [0.1, 0.15) is 55.5 Å². The first-order valence-corrected chi connectivity index (χ1v) is 11.9. The highest BCUT2D eigenvalue weighted by molar-refractivity contribution is 7.92. The van der Waals surface area contributed by atoms with Crippen LogP contribution in [-0.4, -0.2) is 26.6 Å². The molecular weight excluding hydrogens is 384 g/mol. The average Bonchev–Trinajstić information content (AvgIpc) is 2.66. The van der Waals surface area contributed by atoms with Crippen LogP contribution in [0.2, 0.25) is 0 Å². The maximum absolute atomic E-state index is 13.0. The fraction of sp³-hybridized carbons (Fsp3) is 0.435. The van der Waals surface area contributed by atoms with Crippen molar-refractivity contribution >= 4 is 21.6 Å². The zero-order chi connectivity index (χ0) is 21.8. The summed E-state index contributed by atoms with van der Waals surface area (Å²) in [4.78, 5) is 13.0. The number of benzene rings is 2. The summed E-state index contributed by atoms with van der Waals surface area (Å²) < 4.78 is 26.2. The molecular formula is C23H32N2O3S. The Kier molecular flexibility index (Phi) is 7.47. The third kappa shape index (κ3) is 5.60. The number of aryl methyl sites for hydroxylation is 3. The fourth-order valence-corrected chi connectivity index (χ4v) is 4.77. The van der Waals surface area contributed by atoms with E-state index in [1.807, 2.05) is 52.0 Å². The predicted molar refractivity (Wildman–Crippen MR) is 120 cm³/mol. The van der Waals surface area contributed by atoms with Crippen molar-refractivity contribution < 1.29 is 13.2 Å². The molecule has 0 saturated carbocycles. The van der Waals surface area contributed by atoms with Crippen LogP contribution < -0.4 is 9.62 Å². The normalized spacial score (nSPS) is 13.6. The van der Waals surface area contributed by atoms with Crippen molar-refractivity contribution in [1.29, 1.82) is 0 Å². The van der Waals surface area contributed by atoms with Crippen LogP contribution in [0.25, 0.3) is 0 Å². The van der Waals surface area contributed by atoms with Crippen LogP contribution in [0.3, 0.4) is 0 Å². The minimum Gasteiger partial charge on any atom is -0.347 e. The summed E-state index contributed by atoms with van der Waals surface area (Å²) in [5, 5.41) is 3.04. The van der Waals surface area contributed by atoms with Crippen molar-refractivity contribution in [2.75, 3.05) is 10.6 Å². The number of hydrogen-bond acceptors (Lipinski definition) is 3. The molecule has 0 heterocycles. The molecule has 0 bridgehead atoms. The van der Waals surface area contributed by atoms with Crippen molar-refractivity contribution in [1.82, 2.24) is 5.32 Å². The Labute approximate surface area is 175 Å². The molecule has 0 unspecified atom stereocenters. The van der Waals surface area contributed by atoms with Gasteiger partial charge in [0, 0.05) is 0 Å². The van der Waals surface area contributed by atoms with E-state index in [0.717, 1.165) is 29.4 Å². The molecule has 2 atom stereocenters. The maximum atomic E-state index is 13.0. The molecule has 1 N–H and O–H groups in total. The number of nitrogens with zero attached hydrogens (tertiary/aromatic N) is 1. The Morgan fingerprint density at radius 3 is 2.17 bits per heavy atom. The molecule has 0 aromatic heterocycles. The van der Waals surface area contributed by atoms with E-state index >= 15 is 0 Å². The van der Waals surface area contributed by atoms with E-state index in [0.29, 0.717) is 12.1 Å². The lowest BCUT2D eigenvalue weighted by molar-refractivity contribution is -0.122. The van der Waals surface area contributed by atoms with Crippen LogP contribution in [0, 0.1) is 13.8 Å². The molecule has 0 saturated heterocycles. The highest BCUT2D eigenvalue weighted by Gasteiger charge is 2.30. The van der Waals surface area contributed by atoms with Crippen molar-refractivity contribution in [2.45, 2.75) is 59.5 Å². The topological polar surface area (TPSA) is 66.5 Å². The summed E-state index contributed by atoms with van der Waals surface area (Å²) in [5.74, 6) is -0.318. The van der Waals surface area contributed by atoms with Crippen molar-refractivity contribution in [3.05, 3.63) is 64.7 Å². The number of nitrogens with one attached hydrogen (secondary N) is 1. The van der Waals surface area contributed by atoms with Gasteiger partial charge in [-0.15, -0.1) is 0 Å². The first kappa shape index (κ1) is 22.9. The smallest absolute Gasteiger partial charge is 0.244 e. The molecule has 2 aromatic rings. The lowest BCUT2D eigenvalue weighted by Gasteiger charge is -2.30. The molecule has 158 valence electrons. The highest BCUT2D eigenvalue weighted by atomic mass is 32.2. The van der Waals surface area contributed by atoms with Gasteiger partial charge in [0.2, 0.25) is 15.9 Å². The van der Waals surface area contributed by atoms with Gasteiger partial charge in [0.25, 0.3) is 0 Å². The molecule has 2 rings (SSSR count). The molecule has 0 aliphatic rings. The third-order valence-electron chi connectivity index (χ3n) is 5.21. The van der Waals surface area contributed by atoms with Gasteiger partial charge in [-0.3, -0.25) is 9.10 Å². The van der Waals surface area contributed by atoms with Gasteiger partial charge in [-0.2, -0.15) is 0 Å². The molecule has 6 heteroatoms. The summed E-state index contributed by atoms with van der Waals surface area (Å²) in [6.07, 6.45) is 2.71.